The molecule has 0 saturated heterocycles. The maximum atomic E-state index is 11.3. The molecule has 5 heteroatoms. The van der Waals surface area contributed by atoms with E-state index in [1.165, 1.54) is 7.11 Å². The van der Waals surface area contributed by atoms with Crippen LogP contribution in [0.1, 0.15) is 10.4 Å². The second-order valence-corrected chi connectivity index (χ2v) is 3.56. The van der Waals surface area contributed by atoms with E-state index in [9.17, 15) is 4.79 Å². The van der Waals surface area contributed by atoms with Crippen molar-refractivity contribution in [1.82, 2.24) is 9.88 Å². The van der Waals surface area contributed by atoms with E-state index in [0.29, 0.717) is 5.56 Å². The second-order valence-electron chi connectivity index (χ2n) is 3.56. The summed E-state index contributed by atoms with van der Waals surface area (Å²) >= 11 is 0. The van der Waals surface area contributed by atoms with Gasteiger partial charge in [0, 0.05) is 25.6 Å². The van der Waals surface area contributed by atoms with Crippen LogP contribution in [-0.4, -0.2) is 36.7 Å². The molecule has 0 spiro atoms. The van der Waals surface area contributed by atoms with E-state index < -0.39 is 0 Å². The molecule has 0 N–H and O–H groups in total. The van der Waals surface area contributed by atoms with Gasteiger partial charge in [-0.3, -0.25) is 0 Å². The predicted octanol–water partition coefficient (Wildman–Crippen LogP) is 1.05. The lowest BCUT2D eigenvalue weighted by Gasteiger charge is -2.17. The van der Waals surface area contributed by atoms with Crippen LogP contribution >= 0.6 is 0 Å². The van der Waals surface area contributed by atoms with Gasteiger partial charge in [0.2, 0.25) is 0 Å². The third-order valence-electron chi connectivity index (χ3n) is 2.34. The van der Waals surface area contributed by atoms with Crippen molar-refractivity contribution in [2.24, 2.45) is 0 Å². The lowest BCUT2D eigenvalue weighted by Crippen LogP contribution is -2.22. The van der Waals surface area contributed by atoms with Crippen molar-refractivity contribution in [3.05, 3.63) is 36.3 Å². The molecule has 2 heterocycles. The molecule has 0 aliphatic carbocycles. The van der Waals surface area contributed by atoms with Crippen molar-refractivity contribution in [3.63, 3.8) is 0 Å². The number of nitrogens with zero attached hydrogens (tertiary/aromatic N) is 3. The minimum atomic E-state index is -0.347. The van der Waals surface area contributed by atoms with Gasteiger partial charge in [-0.25, -0.2) is 9.78 Å². The monoisotopic (exact) mass is 219 g/mol. The van der Waals surface area contributed by atoms with Crippen molar-refractivity contribution in [2.45, 2.75) is 0 Å². The number of rotatable bonds is 2. The molecule has 0 saturated carbocycles. The first kappa shape index (κ1) is 10.5. The quantitative estimate of drug-likeness (QED) is 0.696. The number of methoxy groups -OCH3 is 1. The van der Waals surface area contributed by atoms with E-state index in [0.717, 1.165) is 12.5 Å². The van der Waals surface area contributed by atoms with E-state index >= 15 is 0 Å². The van der Waals surface area contributed by atoms with Crippen LogP contribution in [0.5, 0.6) is 0 Å². The molecule has 5 nitrogen and oxygen atoms in total. The highest BCUT2D eigenvalue weighted by Gasteiger charge is 2.14. The summed E-state index contributed by atoms with van der Waals surface area (Å²) in [6, 6.07) is 3.36. The van der Waals surface area contributed by atoms with Gasteiger partial charge in [-0.05, 0) is 12.1 Å². The Balaban J connectivity index is 2.23. The van der Waals surface area contributed by atoms with E-state index in [4.69, 9.17) is 0 Å². The molecule has 1 aromatic heterocycles. The Morgan fingerprint density at radius 2 is 2.31 bits per heavy atom. The molecular formula is C11H13N3O2. The predicted molar refractivity (Wildman–Crippen MR) is 59.8 cm³/mol. The van der Waals surface area contributed by atoms with Crippen molar-refractivity contribution in [3.8, 4) is 0 Å². The molecule has 1 aromatic rings. The highest BCUT2D eigenvalue weighted by Crippen LogP contribution is 2.17. The van der Waals surface area contributed by atoms with E-state index in [-0.39, 0.29) is 5.97 Å². The van der Waals surface area contributed by atoms with Gasteiger partial charge in [0.05, 0.1) is 19.3 Å². The van der Waals surface area contributed by atoms with E-state index in [2.05, 4.69) is 9.72 Å². The van der Waals surface area contributed by atoms with Crippen LogP contribution in [0.4, 0.5) is 5.82 Å². The van der Waals surface area contributed by atoms with Crippen molar-refractivity contribution in [2.75, 3.05) is 25.7 Å². The molecule has 0 amide bonds. The summed E-state index contributed by atoms with van der Waals surface area (Å²) in [7, 11) is 3.34. The number of ether oxygens (including phenoxy) is 1. The van der Waals surface area contributed by atoms with Gasteiger partial charge in [-0.2, -0.15) is 0 Å². The average molecular weight is 219 g/mol. The molecule has 0 fully saturated rings. The van der Waals surface area contributed by atoms with Gasteiger partial charge in [-0.1, -0.05) is 0 Å². The Bertz CT molecular complexity index is 431. The van der Waals surface area contributed by atoms with Gasteiger partial charge in [0.25, 0.3) is 0 Å². The Hall–Kier alpha value is -2.04. The van der Waals surface area contributed by atoms with Crippen molar-refractivity contribution < 1.29 is 9.53 Å². The summed E-state index contributed by atoms with van der Waals surface area (Å²) < 4.78 is 4.66. The van der Waals surface area contributed by atoms with Crippen LogP contribution in [0.3, 0.4) is 0 Å². The molecule has 1 aliphatic heterocycles. The summed E-state index contributed by atoms with van der Waals surface area (Å²) in [6.07, 6.45) is 5.48. The molecule has 16 heavy (non-hydrogen) atoms. The molecule has 0 bridgehead atoms. The topological polar surface area (TPSA) is 45.7 Å². The summed E-state index contributed by atoms with van der Waals surface area (Å²) in [6.45, 7) is 0.734. The van der Waals surface area contributed by atoms with Gasteiger partial charge < -0.3 is 14.5 Å². The lowest BCUT2D eigenvalue weighted by molar-refractivity contribution is 0.0600. The van der Waals surface area contributed by atoms with Crippen molar-refractivity contribution >= 4 is 11.8 Å². The van der Waals surface area contributed by atoms with Gasteiger partial charge in [0.15, 0.2) is 0 Å². The fourth-order valence-corrected chi connectivity index (χ4v) is 1.50. The molecule has 1 aliphatic rings. The number of anilines is 1. The minimum Gasteiger partial charge on any atom is -0.465 e. The van der Waals surface area contributed by atoms with E-state index in [1.807, 2.05) is 29.2 Å². The normalized spacial score (nSPS) is 14.4. The first-order chi connectivity index (χ1) is 7.70. The van der Waals surface area contributed by atoms with Gasteiger partial charge in [-0.15, -0.1) is 0 Å². The average Bonchev–Trinajstić information content (AvgIpc) is 2.75. The lowest BCUT2D eigenvalue weighted by atomic mass is 10.2. The maximum absolute atomic E-state index is 11.3. The third kappa shape index (κ3) is 1.98. The fourth-order valence-electron chi connectivity index (χ4n) is 1.50. The number of carbonyl (C=O) groups is 1. The first-order valence-electron chi connectivity index (χ1n) is 4.90. The SMILES string of the molecule is COC(=O)c1ccnc(N2C=CN(C)C2)c1. The molecule has 0 aromatic carbocycles. The van der Waals surface area contributed by atoms with E-state index in [1.54, 1.807) is 18.3 Å². The standard InChI is InChI=1S/C11H13N3O2/c1-13-5-6-14(8-13)10-7-9(3-4-12-10)11(15)16-2/h3-7H,8H2,1-2H3. The molecule has 0 unspecified atom stereocenters. The summed E-state index contributed by atoms with van der Waals surface area (Å²) in [5.74, 6) is 0.392. The van der Waals surface area contributed by atoms with Crippen LogP contribution in [0, 0.1) is 0 Å². The smallest absolute Gasteiger partial charge is 0.338 e. The first-order valence-corrected chi connectivity index (χ1v) is 4.90. The highest BCUT2D eigenvalue weighted by atomic mass is 16.5. The highest BCUT2D eigenvalue weighted by molar-refractivity contribution is 5.90. The molecule has 0 atom stereocenters. The maximum Gasteiger partial charge on any atom is 0.338 e. The number of esters is 1. The second kappa shape index (κ2) is 4.22. The number of aromatic nitrogens is 1. The summed E-state index contributed by atoms with van der Waals surface area (Å²) in [4.78, 5) is 19.5. The number of hydrogen-bond donors (Lipinski definition) is 0. The zero-order valence-electron chi connectivity index (χ0n) is 9.25. The summed E-state index contributed by atoms with van der Waals surface area (Å²) in [5, 5.41) is 0. The fraction of sp³-hybridized carbons (Fsp3) is 0.273. The number of carbonyl (C=O) groups excluding carboxylic acids is 1. The van der Waals surface area contributed by atoms with Crippen LogP contribution in [0.25, 0.3) is 0 Å². The molecule has 2 rings (SSSR count). The Morgan fingerprint density at radius 3 is 2.94 bits per heavy atom. The minimum absolute atomic E-state index is 0.347. The zero-order chi connectivity index (χ0) is 11.5. The van der Waals surface area contributed by atoms with Crippen molar-refractivity contribution in [1.29, 1.82) is 0 Å². The largest absolute Gasteiger partial charge is 0.465 e. The summed E-state index contributed by atoms with van der Waals surface area (Å²) in [5.41, 5.74) is 0.510. The van der Waals surface area contributed by atoms with Crippen LogP contribution in [0.2, 0.25) is 0 Å². The number of hydrogen-bond acceptors (Lipinski definition) is 5. The van der Waals surface area contributed by atoms with Gasteiger partial charge in [0.1, 0.15) is 5.82 Å². The zero-order valence-corrected chi connectivity index (χ0v) is 9.25. The van der Waals surface area contributed by atoms with Crippen LogP contribution in [0.15, 0.2) is 30.7 Å². The Labute approximate surface area is 93.9 Å². The molecular weight excluding hydrogens is 206 g/mol. The third-order valence-corrected chi connectivity index (χ3v) is 2.34. The molecule has 84 valence electrons. The van der Waals surface area contributed by atoms with Gasteiger partial charge >= 0.3 is 5.97 Å². The molecule has 0 radical (unpaired) electrons. The Morgan fingerprint density at radius 1 is 1.50 bits per heavy atom. The Kier molecular flexibility index (Phi) is 2.76. The van der Waals surface area contributed by atoms with Crippen LogP contribution < -0.4 is 4.90 Å². The van der Waals surface area contributed by atoms with Crippen LogP contribution in [-0.2, 0) is 4.74 Å². The number of pyridine rings is 1.